The molecule has 0 radical (unpaired) electrons. The molecule has 4 heteroatoms. The Kier molecular flexibility index (Phi) is 9.52. The number of rotatable bonds is 10. The van der Waals surface area contributed by atoms with Crippen LogP contribution in [0.25, 0.3) is 0 Å². The number of carboxylic acids is 1. The van der Waals surface area contributed by atoms with Crippen LogP contribution in [0.5, 0.6) is 0 Å². The van der Waals surface area contributed by atoms with Gasteiger partial charge in [-0.1, -0.05) is 6.92 Å². The molecule has 0 rings (SSSR count). The van der Waals surface area contributed by atoms with Crippen molar-refractivity contribution < 1.29 is 14.6 Å². The van der Waals surface area contributed by atoms with Crippen molar-refractivity contribution in [3.63, 3.8) is 0 Å². The van der Waals surface area contributed by atoms with Gasteiger partial charge in [0, 0.05) is 20.1 Å². The van der Waals surface area contributed by atoms with Gasteiger partial charge < -0.3 is 15.2 Å². The zero-order valence-corrected chi connectivity index (χ0v) is 9.79. The van der Waals surface area contributed by atoms with E-state index in [-0.39, 0.29) is 6.42 Å². The minimum absolute atomic E-state index is 0.283. The summed E-state index contributed by atoms with van der Waals surface area (Å²) in [6.07, 6.45) is 3.13. The van der Waals surface area contributed by atoms with Gasteiger partial charge in [-0.15, -0.1) is 0 Å². The second-order valence-corrected chi connectivity index (χ2v) is 3.92. The number of methoxy groups -OCH3 is 1. The monoisotopic (exact) mass is 217 g/mol. The molecule has 0 amide bonds. The fourth-order valence-electron chi connectivity index (χ4n) is 1.33. The number of carboxylic acid groups (broad SMARTS) is 1. The van der Waals surface area contributed by atoms with E-state index in [0.29, 0.717) is 5.92 Å². The van der Waals surface area contributed by atoms with Gasteiger partial charge in [0.2, 0.25) is 0 Å². The van der Waals surface area contributed by atoms with Crippen LogP contribution in [0.15, 0.2) is 0 Å². The van der Waals surface area contributed by atoms with E-state index in [2.05, 4.69) is 12.2 Å². The van der Waals surface area contributed by atoms with Crippen molar-refractivity contribution in [1.82, 2.24) is 5.32 Å². The van der Waals surface area contributed by atoms with Crippen molar-refractivity contribution in [2.45, 2.75) is 32.6 Å². The highest BCUT2D eigenvalue weighted by molar-refractivity contribution is 5.66. The SMILES string of the molecule is COCCCNCCC(C)CCC(=O)O. The van der Waals surface area contributed by atoms with Crippen molar-refractivity contribution in [3.8, 4) is 0 Å². The number of hydrogen-bond acceptors (Lipinski definition) is 3. The van der Waals surface area contributed by atoms with Crippen molar-refractivity contribution >= 4 is 5.97 Å². The van der Waals surface area contributed by atoms with Crippen LogP contribution in [-0.4, -0.2) is 37.9 Å². The van der Waals surface area contributed by atoms with E-state index >= 15 is 0 Å². The van der Waals surface area contributed by atoms with E-state index in [4.69, 9.17) is 9.84 Å². The lowest BCUT2D eigenvalue weighted by Crippen LogP contribution is -2.20. The van der Waals surface area contributed by atoms with Crippen LogP contribution in [0, 0.1) is 5.92 Å². The maximum Gasteiger partial charge on any atom is 0.303 e. The minimum atomic E-state index is -0.699. The fourth-order valence-corrected chi connectivity index (χ4v) is 1.33. The molecule has 15 heavy (non-hydrogen) atoms. The summed E-state index contributed by atoms with van der Waals surface area (Å²) in [4.78, 5) is 10.3. The summed E-state index contributed by atoms with van der Waals surface area (Å²) >= 11 is 0. The van der Waals surface area contributed by atoms with Gasteiger partial charge in [-0.05, 0) is 38.3 Å². The van der Waals surface area contributed by atoms with Gasteiger partial charge in [0.25, 0.3) is 0 Å². The van der Waals surface area contributed by atoms with E-state index in [1.165, 1.54) is 0 Å². The summed E-state index contributed by atoms with van der Waals surface area (Å²) in [6.45, 7) is 4.82. The van der Waals surface area contributed by atoms with Gasteiger partial charge in [0.15, 0.2) is 0 Å². The summed E-state index contributed by atoms with van der Waals surface area (Å²) in [7, 11) is 1.70. The highest BCUT2D eigenvalue weighted by Gasteiger charge is 2.04. The van der Waals surface area contributed by atoms with Gasteiger partial charge in [-0.25, -0.2) is 0 Å². The van der Waals surface area contributed by atoms with Crippen LogP contribution in [0.4, 0.5) is 0 Å². The van der Waals surface area contributed by atoms with Gasteiger partial charge >= 0.3 is 5.97 Å². The van der Waals surface area contributed by atoms with Crippen LogP contribution < -0.4 is 5.32 Å². The van der Waals surface area contributed by atoms with E-state index in [0.717, 1.165) is 39.0 Å². The fraction of sp³-hybridized carbons (Fsp3) is 0.909. The Labute approximate surface area is 92.0 Å². The molecule has 0 spiro atoms. The van der Waals surface area contributed by atoms with Gasteiger partial charge in [-0.3, -0.25) is 4.79 Å². The summed E-state index contributed by atoms with van der Waals surface area (Å²) in [6, 6.07) is 0. The molecular weight excluding hydrogens is 194 g/mol. The molecule has 0 aliphatic carbocycles. The molecule has 1 unspecified atom stereocenters. The Balaban J connectivity index is 3.16. The zero-order chi connectivity index (χ0) is 11.5. The van der Waals surface area contributed by atoms with Crippen molar-refractivity contribution in [2.75, 3.05) is 26.8 Å². The third-order valence-corrected chi connectivity index (χ3v) is 2.37. The molecule has 0 aromatic carbocycles. The molecular formula is C11H23NO3. The molecule has 0 saturated heterocycles. The van der Waals surface area contributed by atoms with E-state index in [1.54, 1.807) is 7.11 Å². The maximum atomic E-state index is 10.3. The molecule has 4 nitrogen and oxygen atoms in total. The first-order chi connectivity index (χ1) is 7.16. The van der Waals surface area contributed by atoms with E-state index in [1.807, 2.05) is 0 Å². The molecule has 0 aliphatic rings. The van der Waals surface area contributed by atoms with Crippen molar-refractivity contribution in [2.24, 2.45) is 5.92 Å². The number of ether oxygens (including phenoxy) is 1. The normalized spacial score (nSPS) is 12.7. The van der Waals surface area contributed by atoms with Crippen LogP contribution in [-0.2, 0) is 9.53 Å². The Morgan fingerprint density at radius 3 is 2.73 bits per heavy atom. The molecule has 0 aliphatic heterocycles. The first-order valence-electron chi connectivity index (χ1n) is 5.58. The summed E-state index contributed by atoms with van der Waals surface area (Å²) in [5.41, 5.74) is 0. The summed E-state index contributed by atoms with van der Waals surface area (Å²) in [5, 5.41) is 11.8. The Bertz CT molecular complexity index is 162. The average Bonchev–Trinajstić information content (AvgIpc) is 2.20. The van der Waals surface area contributed by atoms with Gasteiger partial charge in [-0.2, -0.15) is 0 Å². The predicted octanol–water partition coefficient (Wildman–Crippen LogP) is 1.50. The standard InChI is InChI=1S/C11H23NO3/c1-10(4-5-11(13)14)6-8-12-7-3-9-15-2/h10,12H,3-9H2,1-2H3,(H,13,14). The lowest BCUT2D eigenvalue weighted by Gasteiger charge is -2.10. The lowest BCUT2D eigenvalue weighted by atomic mass is 10.0. The van der Waals surface area contributed by atoms with Crippen LogP contribution in [0.2, 0.25) is 0 Å². The third kappa shape index (κ3) is 11.3. The first-order valence-corrected chi connectivity index (χ1v) is 5.58. The van der Waals surface area contributed by atoms with Crippen LogP contribution in [0.3, 0.4) is 0 Å². The van der Waals surface area contributed by atoms with E-state index < -0.39 is 5.97 Å². The Hall–Kier alpha value is -0.610. The highest BCUT2D eigenvalue weighted by atomic mass is 16.5. The third-order valence-electron chi connectivity index (χ3n) is 2.37. The number of nitrogens with one attached hydrogen (secondary N) is 1. The molecule has 1 atom stereocenters. The topological polar surface area (TPSA) is 58.6 Å². The molecule has 90 valence electrons. The number of carbonyl (C=O) groups is 1. The average molecular weight is 217 g/mol. The minimum Gasteiger partial charge on any atom is -0.481 e. The summed E-state index contributed by atoms with van der Waals surface area (Å²) in [5.74, 6) is -0.217. The quantitative estimate of drug-likeness (QED) is 0.544. The first kappa shape index (κ1) is 14.4. The second-order valence-electron chi connectivity index (χ2n) is 3.92. The molecule has 0 saturated carbocycles. The number of aliphatic carboxylic acids is 1. The van der Waals surface area contributed by atoms with Crippen LogP contribution in [0.1, 0.15) is 32.6 Å². The van der Waals surface area contributed by atoms with Crippen LogP contribution >= 0.6 is 0 Å². The zero-order valence-electron chi connectivity index (χ0n) is 9.79. The molecule has 0 fully saturated rings. The smallest absolute Gasteiger partial charge is 0.303 e. The van der Waals surface area contributed by atoms with Gasteiger partial charge in [0.05, 0.1) is 0 Å². The maximum absolute atomic E-state index is 10.3. The Morgan fingerprint density at radius 1 is 1.40 bits per heavy atom. The van der Waals surface area contributed by atoms with Crippen molar-refractivity contribution in [1.29, 1.82) is 0 Å². The highest BCUT2D eigenvalue weighted by Crippen LogP contribution is 2.08. The number of hydrogen-bond donors (Lipinski definition) is 2. The van der Waals surface area contributed by atoms with E-state index in [9.17, 15) is 4.79 Å². The largest absolute Gasteiger partial charge is 0.481 e. The predicted molar refractivity (Wildman–Crippen MR) is 60.0 cm³/mol. The molecule has 0 aromatic heterocycles. The second kappa shape index (κ2) is 9.93. The molecule has 0 heterocycles. The summed E-state index contributed by atoms with van der Waals surface area (Å²) < 4.78 is 4.93. The van der Waals surface area contributed by atoms with Crippen molar-refractivity contribution in [3.05, 3.63) is 0 Å². The lowest BCUT2D eigenvalue weighted by molar-refractivity contribution is -0.137. The van der Waals surface area contributed by atoms with Gasteiger partial charge in [0.1, 0.15) is 0 Å². The molecule has 0 bridgehead atoms. The molecule has 2 N–H and O–H groups in total. The molecule has 0 aromatic rings. The Morgan fingerprint density at radius 2 is 2.13 bits per heavy atom.